The van der Waals surface area contributed by atoms with E-state index in [-0.39, 0.29) is 23.3 Å². The molecule has 8 nitrogen and oxygen atoms in total. The van der Waals surface area contributed by atoms with Crippen molar-refractivity contribution in [1.29, 1.82) is 0 Å². The molecule has 144 valence electrons. The summed E-state index contributed by atoms with van der Waals surface area (Å²) in [6.45, 7) is 0. The second kappa shape index (κ2) is 10.6. The Labute approximate surface area is 165 Å². The molecule has 0 spiro atoms. The third-order valence-electron chi connectivity index (χ3n) is 3.29. The largest absolute Gasteiger partial charge is 0.467 e. The number of hydrogen-bond acceptors (Lipinski definition) is 9. The van der Waals surface area contributed by atoms with Crippen LogP contribution >= 0.6 is 23.5 Å². The predicted molar refractivity (Wildman–Crippen MR) is 108 cm³/mol. The van der Waals surface area contributed by atoms with Gasteiger partial charge >= 0.3 is 5.97 Å². The third-order valence-corrected chi connectivity index (χ3v) is 5.25. The van der Waals surface area contributed by atoms with Gasteiger partial charge in [0.25, 0.3) is 0 Å². The van der Waals surface area contributed by atoms with Crippen LogP contribution in [0.3, 0.4) is 0 Å². The lowest BCUT2D eigenvalue weighted by Crippen LogP contribution is -2.44. The van der Waals surface area contributed by atoms with Gasteiger partial charge in [-0.1, -0.05) is 42.1 Å². The molecule has 2 rings (SSSR count). The van der Waals surface area contributed by atoms with Crippen molar-refractivity contribution in [2.75, 3.05) is 30.1 Å². The summed E-state index contributed by atoms with van der Waals surface area (Å²) in [5.74, 6) is 0.804. The molecule has 1 atom stereocenters. The lowest BCUT2D eigenvalue weighted by Gasteiger charge is -2.16. The van der Waals surface area contributed by atoms with Crippen LogP contribution in [0, 0.1) is 0 Å². The molecular weight excluding hydrogens is 386 g/mol. The van der Waals surface area contributed by atoms with Gasteiger partial charge in [0.15, 0.2) is 5.16 Å². The average molecular weight is 408 g/mol. The summed E-state index contributed by atoms with van der Waals surface area (Å²) in [5.41, 5.74) is 12.3. The quantitative estimate of drug-likeness (QED) is 0.320. The molecular formula is C17H21N5O3S2. The number of methoxy groups -OCH3 is 1. The minimum Gasteiger partial charge on any atom is -0.467 e. The molecule has 5 N–H and O–H groups in total. The van der Waals surface area contributed by atoms with E-state index >= 15 is 0 Å². The number of ether oxygens (including phenoxy) is 1. The van der Waals surface area contributed by atoms with Gasteiger partial charge < -0.3 is 21.5 Å². The molecule has 2 aromatic rings. The minimum atomic E-state index is -0.733. The van der Waals surface area contributed by atoms with Gasteiger partial charge in [-0.15, -0.1) is 0 Å². The van der Waals surface area contributed by atoms with Crippen molar-refractivity contribution in [3.8, 4) is 0 Å². The van der Waals surface area contributed by atoms with E-state index in [1.807, 2.05) is 30.3 Å². The molecule has 1 unspecified atom stereocenters. The van der Waals surface area contributed by atoms with Crippen molar-refractivity contribution >= 4 is 47.0 Å². The van der Waals surface area contributed by atoms with Gasteiger partial charge in [0, 0.05) is 17.6 Å². The summed E-state index contributed by atoms with van der Waals surface area (Å²) in [6.07, 6.45) is 0. The first-order chi connectivity index (χ1) is 13.0. The van der Waals surface area contributed by atoms with E-state index in [1.165, 1.54) is 24.9 Å². The Kier molecular flexibility index (Phi) is 8.21. The van der Waals surface area contributed by atoms with Gasteiger partial charge in [0.05, 0.1) is 12.9 Å². The molecule has 27 heavy (non-hydrogen) atoms. The smallest absolute Gasteiger partial charge is 0.329 e. The molecule has 10 heteroatoms. The minimum absolute atomic E-state index is 0.0275. The second-order valence-corrected chi connectivity index (χ2v) is 7.41. The maximum atomic E-state index is 12.2. The number of hydrogen-bond donors (Lipinski definition) is 3. The van der Waals surface area contributed by atoms with Gasteiger partial charge in [-0.25, -0.2) is 14.8 Å². The van der Waals surface area contributed by atoms with E-state index in [0.29, 0.717) is 10.9 Å². The monoisotopic (exact) mass is 407 g/mol. The fourth-order valence-corrected chi connectivity index (χ4v) is 3.76. The number of nitrogen functional groups attached to an aromatic ring is 2. The van der Waals surface area contributed by atoms with Crippen molar-refractivity contribution in [3.05, 3.63) is 42.0 Å². The van der Waals surface area contributed by atoms with Gasteiger partial charge in [0.2, 0.25) is 5.91 Å². The van der Waals surface area contributed by atoms with Crippen LogP contribution < -0.4 is 16.8 Å². The maximum Gasteiger partial charge on any atom is 0.329 e. The molecule has 0 fully saturated rings. The van der Waals surface area contributed by atoms with Crippen molar-refractivity contribution in [2.24, 2.45) is 0 Å². The van der Waals surface area contributed by atoms with Crippen LogP contribution in [0.15, 0.2) is 41.6 Å². The first-order valence-corrected chi connectivity index (χ1v) is 10.1. The maximum absolute atomic E-state index is 12.2. The lowest BCUT2D eigenvalue weighted by atomic mass is 10.2. The third kappa shape index (κ3) is 7.35. The summed E-state index contributed by atoms with van der Waals surface area (Å²) in [4.78, 5) is 32.1. The molecule has 0 radical (unpaired) electrons. The Morgan fingerprint density at radius 1 is 1.19 bits per heavy atom. The first kappa shape index (κ1) is 20.8. The second-order valence-electron chi connectivity index (χ2n) is 5.43. The molecule has 0 saturated heterocycles. The van der Waals surface area contributed by atoms with E-state index in [2.05, 4.69) is 15.3 Å². The highest BCUT2D eigenvalue weighted by Gasteiger charge is 2.21. The number of anilines is 2. The molecule has 1 amide bonds. The first-order valence-electron chi connectivity index (χ1n) is 7.99. The van der Waals surface area contributed by atoms with Crippen molar-refractivity contribution < 1.29 is 14.3 Å². The molecule has 0 aliphatic heterocycles. The van der Waals surface area contributed by atoms with E-state index in [4.69, 9.17) is 16.2 Å². The van der Waals surface area contributed by atoms with Gasteiger partial charge in [-0.2, -0.15) is 11.8 Å². The lowest BCUT2D eigenvalue weighted by molar-refractivity contribution is -0.144. The Balaban J connectivity index is 1.84. The zero-order chi connectivity index (χ0) is 19.6. The van der Waals surface area contributed by atoms with Crippen LogP contribution in [-0.4, -0.2) is 46.5 Å². The normalized spacial score (nSPS) is 11.6. The predicted octanol–water partition coefficient (Wildman–Crippen LogP) is 1.32. The molecule has 1 heterocycles. The number of benzene rings is 1. The molecule has 0 bridgehead atoms. The summed E-state index contributed by atoms with van der Waals surface area (Å²) in [7, 11) is 1.29. The average Bonchev–Trinajstić information content (AvgIpc) is 2.65. The highest BCUT2D eigenvalue weighted by Crippen LogP contribution is 2.17. The standard InChI is InChI=1S/C17H21N5O3S2/c1-25-16(24)12(9-26-8-11-5-3-2-4-6-11)20-15(23)10-27-17-21-13(18)7-14(19)22-17/h2-7,12H,8-10H2,1H3,(H,20,23)(H4,18,19,21,22). The molecule has 0 aliphatic rings. The number of thioether (sulfide) groups is 2. The van der Waals surface area contributed by atoms with Gasteiger partial charge in [-0.05, 0) is 5.56 Å². The fourth-order valence-electron chi connectivity index (χ4n) is 2.07. The van der Waals surface area contributed by atoms with Crippen LogP contribution in [-0.2, 0) is 20.1 Å². The van der Waals surface area contributed by atoms with Crippen molar-refractivity contribution in [1.82, 2.24) is 15.3 Å². The van der Waals surface area contributed by atoms with Crippen LogP contribution in [0.2, 0.25) is 0 Å². The van der Waals surface area contributed by atoms with Crippen LogP contribution in [0.5, 0.6) is 0 Å². The number of nitrogens with zero attached hydrogens (tertiary/aromatic N) is 2. The summed E-state index contributed by atoms with van der Waals surface area (Å²) in [5, 5.41) is 2.98. The Morgan fingerprint density at radius 3 is 2.48 bits per heavy atom. The Hall–Kier alpha value is -2.46. The van der Waals surface area contributed by atoms with Crippen molar-refractivity contribution in [3.63, 3.8) is 0 Å². The molecule has 0 aliphatic carbocycles. The van der Waals surface area contributed by atoms with Crippen LogP contribution in [0.1, 0.15) is 5.56 Å². The Morgan fingerprint density at radius 2 is 1.85 bits per heavy atom. The number of amides is 1. The van der Waals surface area contributed by atoms with E-state index in [1.54, 1.807) is 0 Å². The van der Waals surface area contributed by atoms with E-state index in [0.717, 1.165) is 23.1 Å². The Bertz CT molecular complexity index is 756. The summed E-state index contributed by atoms with van der Waals surface area (Å²) >= 11 is 2.62. The number of aromatic nitrogens is 2. The molecule has 1 aromatic heterocycles. The van der Waals surface area contributed by atoms with Crippen molar-refractivity contribution in [2.45, 2.75) is 17.0 Å². The van der Waals surface area contributed by atoms with E-state index in [9.17, 15) is 9.59 Å². The van der Waals surface area contributed by atoms with Crippen LogP contribution in [0.25, 0.3) is 0 Å². The number of carbonyl (C=O) groups excluding carboxylic acids is 2. The fraction of sp³-hybridized carbons (Fsp3) is 0.294. The number of carbonyl (C=O) groups is 2. The molecule has 0 saturated carbocycles. The highest BCUT2D eigenvalue weighted by atomic mass is 32.2. The SMILES string of the molecule is COC(=O)C(CSCc1ccccc1)NC(=O)CSc1nc(N)cc(N)n1. The zero-order valence-corrected chi connectivity index (χ0v) is 16.4. The van der Waals surface area contributed by atoms with Crippen LogP contribution in [0.4, 0.5) is 11.6 Å². The number of nitrogens with one attached hydrogen (secondary N) is 1. The molecule has 1 aromatic carbocycles. The van der Waals surface area contributed by atoms with E-state index < -0.39 is 12.0 Å². The number of rotatable bonds is 9. The topological polar surface area (TPSA) is 133 Å². The number of esters is 1. The summed E-state index contributed by atoms with van der Waals surface area (Å²) < 4.78 is 4.78. The number of nitrogens with two attached hydrogens (primary N) is 2. The highest BCUT2D eigenvalue weighted by molar-refractivity contribution is 7.99. The zero-order valence-electron chi connectivity index (χ0n) is 14.8. The summed E-state index contributed by atoms with van der Waals surface area (Å²) in [6, 6.07) is 10.6. The van der Waals surface area contributed by atoms with Gasteiger partial charge in [-0.3, -0.25) is 4.79 Å². The van der Waals surface area contributed by atoms with Gasteiger partial charge in [0.1, 0.15) is 17.7 Å².